The first-order valence-corrected chi connectivity index (χ1v) is 10.8. The molecule has 1 fully saturated rings. The van der Waals surface area contributed by atoms with E-state index in [1.54, 1.807) is 30.5 Å². The van der Waals surface area contributed by atoms with Gasteiger partial charge in [0.2, 0.25) is 0 Å². The topological polar surface area (TPSA) is 97.4 Å². The van der Waals surface area contributed by atoms with Crippen molar-refractivity contribution in [2.75, 3.05) is 11.9 Å². The first kappa shape index (κ1) is 21.5. The summed E-state index contributed by atoms with van der Waals surface area (Å²) in [5.74, 6) is -1.24. The van der Waals surface area contributed by atoms with Crippen molar-refractivity contribution in [3.05, 3.63) is 71.9 Å². The van der Waals surface area contributed by atoms with Gasteiger partial charge in [-0.05, 0) is 36.6 Å². The highest BCUT2D eigenvalue weighted by Gasteiger charge is 2.20. The van der Waals surface area contributed by atoms with Gasteiger partial charge in [-0.15, -0.1) is 0 Å². The van der Waals surface area contributed by atoms with Gasteiger partial charge in [0.05, 0.1) is 23.2 Å². The summed E-state index contributed by atoms with van der Waals surface area (Å²) in [6.45, 7) is -0.435. The van der Waals surface area contributed by atoms with Crippen LogP contribution in [0.2, 0.25) is 0 Å². The Morgan fingerprint density at radius 1 is 0.969 bits per heavy atom. The van der Waals surface area contributed by atoms with Crippen LogP contribution in [0.4, 0.5) is 5.69 Å². The molecule has 0 bridgehead atoms. The van der Waals surface area contributed by atoms with Gasteiger partial charge in [0.15, 0.2) is 6.61 Å². The van der Waals surface area contributed by atoms with E-state index >= 15 is 0 Å². The predicted molar refractivity (Wildman–Crippen MR) is 121 cm³/mol. The third-order valence-electron chi connectivity index (χ3n) is 5.55. The molecule has 7 nitrogen and oxygen atoms in total. The van der Waals surface area contributed by atoms with Gasteiger partial charge in [0, 0.05) is 17.6 Å². The molecule has 1 aliphatic rings. The number of benzene rings is 2. The quantitative estimate of drug-likeness (QED) is 0.557. The van der Waals surface area contributed by atoms with Gasteiger partial charge in [-0.2, -0.15) is 0 Å². The van der Waals surface area contributed by atoms with Gasteiger partial charge >= 0.3 is 5.97 Å². The molecule has 4 rings (SSSR count). The number of carbonyl (C=O) groups excluding carboxylic acids is 3. The fraction of sp³-hybridized carbons (Fsp3) is 0.280. The molecule has 0 spiro atoms. The lowest BCUT2D eigenvalue weighted by Gasteiger charge is -2.15. The molecular weight excluding hydrogens is 406 g/mol. The van der Waals surface area contributed by atoms with E-state index in [9.17, 15) is 14.4 Å². The summed E-state index contributed by atoms with van der Waals surface area (Å²) in [6, 6.07) is 16.3. The molecule has 7 heteroatoms. The molecule has 0 saturated heterocycles. The van der Waals surface area contributed by atoms with E-state index in [-0.39, 0.29) is 18.4 Å². The van der Waals surface area contributed by atoms with Crippen LogP contribution in [0, 0.1) is 0 Å². The Kier molecular flexibility index (Phi) is 6.75. The molecule has 1 aliphatic carbocycles. The molecular formula is C25H25N3O4. The summed E-state index contributed by atoms with van der Waals surface area (Å²) in [4.78, 5) is 41.6. The van der Waals surface area contributed by atoms with Gasteiger partial charge in [0.25, 0.3) is 11.8 Å². The average Bonchev–Trinajstić information content (AvgIpc) is 3.31. The third-order valence-corrected chi connectivity index (χ3v) is 5.55. The number of nitrogens with zero attached hydrogens (tertiary/aromatic N) is 1. The van der Waals surface area contributed by atoms with Crippen LogP contribution in [0.3, 0.4) is 0 Å². The molecule has 2 aromatic carbocycles. The minimum Gasteiger partial charge on any atom is -0.455 e. The number of ether oxygens (including phenoxy) is 1. The lowest BCUT2D eigenvalue weighted by molar-refractivity contribution is -0.146. The molecule has 0 unspecified atom stereocenters. The first-order chi connectivity index (χ1) is 15.6. The Hall–Kier alpha value is -3.74. The van der Waals surface area contributed by atoms with Crippen molar-refractivity contribution in [1.82, 2.24) is 10.3 Å². The highest BCUT2D eigenvalue weighted by Crippen LogP contribution is 2.20. The van der Waals surface area contributed by atoms with Crippen LogP contribution in [0.15, 0.2) is 60.8 Å². The molecule has 32 heavy (non-hydrogen) atoms. The van der Waals surface area contributed by atoms with E-state index in [2.05, 4.69) is 15.6 Å². The van der Waals surface area contributed by atoms with Gasteiger partial charge in [-0.3, -0.25) is 19.4 Å². The molecule has 0 radical (unpaired) electrons. The van der Waals surface area contributed by atoms with Crippen LogP contribution in [-0.4, -0.2) is 35.4 Å². The van der Waals surface area contributed by atoms with Crippen LogP contribution >= 0.6 is 0 Å². The molecule has 1 aromatic heterocycles. The molecule has 1 heterocycles. The van der Waals surface area contributed by atoms with Crippen LogP contribution in [0.25, 0.3) is 10.9 Å². The summed E-state index contributed by atoms with van der Waals surface area (Å²) < 4.78 is 5.16. The number of rotatable bonds is 7. The average molecular weight is 431 g/mol. The molecule has 2 amide bonds. The first-order valence-electron chi connectivity index (χ1n) is 10.8. The normalized spacial score (nSPS) is 13.6. The maximum atomic E-state index is 12.6. The second-order valence-corrected chi connectivity index (χ2v) is 7.88. The third kappa shape index (κ3) is 5.29. The highest BCUT2D eigenvalue weighted by atomic mass is 16.5. The van der Waals surface area contributed by atoms with Gasteiger partial charge in [-0.25, -0.2) is 0 Å². The van der Waals surface area contributed by atoms with Crippen LogP contribution in [0.1, 0.15) is 41.6 Å². The Labute approximate surface area is 186 Å². The van der Waals surface area contributed by atoms with E-state index in [1.165, 1.54) is 0 Å². The van der Waals surface area contributed by atoms with Crippen LogP contribution in [0.5, 0.6) is 0 Å². The minimum absolute atomic E-state index is 0.0159. The Balaban J connectivity index is 1.33. The fourth-order valence-electron chi connectivity index (χ4n) is 3.97. The molecule has 164 valence electrons. The number of anilines is 1. The SMILES string of the molecule is O=C(COC(=O)Cc1cccc2cccnc12)Nc1ccccc1C(=O)NC1CCCC1. The zero-order chi connectivity index (χ0) is 22.3. The molecule has 0 atom stereocenters. The molecule has 1 saturated carbocycles. The minimum atomic E-state index is -0.523. The van der Waals surface area contributed by atoms with Crippen molar-refractivity contribution in [2.24, 2.45) is 0 Å². The second kappa shape index (κ2) is 10.0. The monoisotopic (exact) mass is 431 g/mol. The highest BCUT2D eigenvalue weighted by molar-refractivity contribution is 6.04. The summed E-state index contributed by atoms with van der Waals surface area (Å²) >= 11 is 0. The zero-order valence-electron chi connectivity index (χ0n) is 17.7. The summed E-state index contributed by atoms with van der Waals surface area (Å²) in [6.07, 6.45) is 5.87. The Morgan fingerprint density at radius 2 is 1.75 bits per heavy atom. The molecule has 2 N–H and O–H groups in total. The van der Waals surface area contributed by atoms with Crippen LogP contribution in [-0.2, 0) is 20.7 Å². The zero-order valence-corrected chi connectivity index (χ0v) is 17.7. The number of carbonyl (C=O) groups is 3. The van der Waals surface area contributed by atoms with Crippen molar-refractivity contribution in [1.29, 1.82) is 0 Å². The molecule has 0 aliphatic heterocycles. The number of fused-ring (bicyclic) bond motifs is 1. The second-order valence-electron chi connectivity index (χ2n) is 7.88. The van der Waals surface area contributed by atoms with Crippen molar-refractivity contribution < 1.29 is 19.1 Å². The van der Waals surface area contributed by atoms with Crippen molar-refractivity contribution in [3.63, 3.8) is 0 Å². The summed E-state index contributed by atoms with van der Waals surface area (Å²) in [7, 11) is 0. The number of aromatic nitrogens is 1. The number of para-hydroxylation sites is 2. The number of esters is 1. The van der Waals surface area contributed by atoms with Gasteiger partial charge in [-0.1, -0.05) is 49.2 Å². The van der Waals surface area contributed by atoms with E-state index < -0.39 is 18.5 Å². The Morgan fingerprint density at radius 3 is 2.59 bits per heavy atom. The summed E-state index contributed by atoms with van der Waals surface area (Å²) in [5, 5.41) is 6.63. The smallest absolute Gasteiger partial charge is 0.310 e. The maximum absolute atomic E-state index is 12.6. The summed E-state index contributed by atoms with van der Waals surface area (Å²) in [5.41, 5.74) is 2.25. The fourth-order valence-corrected chi connectivity index (χ4v) is 3.97. The predicted octanol–water partition coefficient (Wildman–Crippen LogP) is 3.63. The van der Waals surface area contributed by atoms with Gasteiger partial charge in [0.1, 0.15) is 0 Å². The maximum Gasteiger partial charge on any atom is 0.310 e. The Bertz CT molecular complexity index is 1130. The van der Waals surface area contributed by atoms with E-state index in [1.807, 2.05) is 30.3 Å². The standard InChI is InChI=1S/C25H25N3O4/c29-22(16-32-23(30)15-18-8-5-7-17-9-6-14-26-24(17)18)28-21-13-4-3-12-20(21)25(31)27-19-10-1-2-11-19/h3-9,12-14,19H,1-2,10-11,15-16H2,(H,27,31)(H,28,29). The number of hydrogen-bond donors (Lipinski definition) is 2. The van der Waals surface area contributed by atoms with Gasteiger partial charge < -0.3 is 15.4 Å². The number of nitrogens with one attached hydrogen (secondary N) is 2. The van der Waals surface area contributed by atoms with Crippen LogP contribution < -0.4 is 10.6 Å². The largest absolute Gasteiger partial charge is 0.455 e. The van der Waals surface area contributed by atoms with E-state index in [4.69, 9.17) is 4.74 Å². The number of pyridine rings is 1. The van der Waals surface area contributed by atoms with Crippen molar-refractivity contribution >= 4 is 34.4 Å². The number of amides is 2. The van der Waals surface area contributed by atoms with Crippen molar-refractivity contribution in [3.8, 4) is 0 Å². The number of hydrogen-bond acceptors (Lipinski definition) is 5. The lowest BCUT2D eigenvalue weighted by Crippen LogP contribution is -2.33. The van der Waals surface area contributed by atoms with E-state index in [0.717, 1.165) is 42.1 Å². The lowest BCUT2D eigenvalue weighted by atomic mass is 10.1. The van der Waals surface area contributed by atoms with E-state index in [0.29, 0.717) is 11.3 Å². The molecule has 3 aromatic rings. The van der Waals surface area contributed by atoms with Crippen molar-refractivity contribution in [2.45, 2.75) is 38.1 Å².